The Balaban J connectivity index is 1.89. The number of carbonyl (C=O) groups excluding carboxylic acids is 2. The van der Waals surface area contributed by atoms with Crippen LogP contribution in [-0.2, 0) is 9.53 Å². The van der Waals surface area contributed by atoms with Crippen LogP contribution >= 0.6 is 0 Å². The van der Waals surface area contributed by atoms with Gasteiger partial charge in [0.15, 0.2) is 0 Å². The zero-order chi connectivity index (χ0) is 21.7. The molecule has 3 rings (SSSR count). The molecular formula is C23H24N2O5. The third kappa shape index (κ3) is 5.05. The van der Waals surface area contributed by atoms with Crippen molar-refractivity contribution in [2.24, 2.45) is 0 Å². The van der Waals surface area contributed by atoms with Crippen molar-refractivity contribution >= 4 is 22.8 Å². The van der Waals surface area contributed by atoms with Crippen molar-refractivity contribution in [3.8, 4) is 5.75 Å². The summed E-state index contributed by atoms with van der Waals surface area (Å²) in [4.78, 5) is 40.3. The largest absolute Gasteiger partial charge is 0.497 e. The molecule has 0 radical (unpaired) electrons. The van der Waals surface area contributed by atoms with Gasteiger partial charge in [-0.1, -0.05) is 30.3 Å². The number of rotatable bonds is 7. The van der Waals surface area contributed by atoms with Crippen LogP contribution in [0.5, 0.6) is 5.75 Å². The van der Waals surface area contributed by atoms with E-state index in [9.17, 15) is 14.4 Å². The van der Waals surface area contributed by atoms with E-state index in [-0.39, 0.29) is 18.1 Å². The van der Waals surface area contributed by atoms with Gasteiger partial charge in [-0.2, -0.15) is 0 Å². The maximum Gasteiger partial charge on any atom is 0.308 e. The predicted molar refractivity (Wildman–Crippen MR) is 114 cm³/mol. The number of benzene rings is 2. The Morgan fingerprint density at radius 1 is 1.07 bits per heavy atom. The molecule has 7 nitrogen and oxygen atoms in total. The van der Waals surface area contributed by atoms with Gasteiger partial charge in [-0.3, -0.25) is 14.4 Å². The van der Waals surface area contributed by atoms with E-state index >= 15 is 0 Å². The fraction of sp³-hybridized carbons (Fsp3) is 0.261. The Labute approximate surface area is 174 Å². The van der Waals surface area contributed by atoms with Crippen LogP contribution in [0.25, 0.3) is 10.9 Å². The summed E-state index contributed by atoms with van der Waals surface area (Å²) in [7, 11) is 1.56. The van der Waals surface area contributed by atoms with Gasteiger partial charge in [0, 0.05) is 5.52 Å². The highest BCUT2D eigenvalue weighted by atomic mass is 16.5. The quantitative estimate of drug-likeness (QED) is 0.585. The normalized spacial score (nSPS) is 11.9. The number of hydrogen-bond acceptors (Lipinski definition) is 5. The van der Waals surface area contributed by atoms with Crippen LogP contribution in [0.15, 0.2) is 59.4 Å². The molecule has 2 N–H and O–H groups in total. The predicted octanol–water partition coefficient (Wildman–Crippen LogP) is 3.35. The van der Waals surface area contributed by atoms with Gasteiger partial charge in [-0.25, -0.2) is 0 Å². The third-order valence-electron chi connectivity index (χ3n) is 4.56. The highest BCUT2D eigenvalue weighted by Gasteiger charge is 2.22. The van der Waals surface area contributed by atoms with Crippen LogP contribution in [0.3, 0.4) is 0 Å². The first-order chi connectivity index (χ1) is 14.4. The van der Waals surface area contributed by atoms with Gasteiger partial charge in [-0.05, 0) is 49.1 Å². The number of ether oxygens (including phenoxy) is 2. The van der Waals surface area contributed by atoms with Gasteiger partial charge in [-0.15, -0.1) is 0 Å². The van der Waals surface area contributed by atoms with Crippen molar-refractivity contribution in [2.45, 2.75) is 32.4 Å². The van der Waals surface area contributed by atoms with Crippen LogP contribution in [0.1, 0.15) is 42.2 Å². The van der Waals surface area contributed by atoms with Crippen LogP contribution in [0.4, 0.5) is 0 Å². The molecule has 7 heteroatoms. The van der Waals surface area contributed by atoms with Gasteiger partial charge >= 0.3 is 5.97 Å². The van der Waals surface area contributed by atoms with E-state index in [0.717, 1.165) is 5.39 Å². The molecule has 1 amide bonds. The lowest BCUT2D eigenvalue weighted by Crippen LogP contribution is -2.34. The number of pyridine rings is 1. The first-order valence-electron chi connectivity index (χ1n) is 9.63. The number of fused-ring (bicyclic) bond motifs is 1. The van der Waals surface area contributed by atoms with Crippen LogP contribution in [0, 0.1) is 0 Å². The molecule has 0 bridgehead atoms. The van der Waals surface area contributed by atoms with Gasteiger partial charge in [0.2, 0.25) is 0 Å². The Kier molecular flexibility index (Phi) is 6.51. The molecule has 3 aromatic rings. The minimum Gasteiger partial charge on any atom is -0.497 e. The summed E-state index contributed by atoms with van der Waals surface area (Å²) in [6.45, 7) is 3.51. The van der Waals surface area contributed by atoms with Crippen LogP contribution < -0.4 is 15.6 Å². The summed E-state index contributed by atoms with van der Waals surface area (Å²) in [5.41, 5.74) is 0.821. The lowest BCUT2D eigenvalue weighted by Gasteiger charge is -2.20. The van der Waals surface area contributed by atoms with Gasteiger partial charge in [0.25, 0.3) is 11.5 Å². The Morgan fingerprint density at radius 3 is 2.43 bits per heavy atom. The molecule has 30 heavy (non-hydrogen) atoms. The molecule has 0 aliphatic rings. The SMILES string of the molecule is COc1ccc([C@@H](CC(=O)OC(C)C)NC(=O)c2cc3ccccc3[nH]c2=O)cc1. The van der Waals surface area contributed by atoms with E-state index in [1.807, 2.05) is 12.1 Å². The number of methoxy groups -OCH3 is 1. The fourth-order valence-electron chi connectivity index (χ4n) is 3.12. The number of carbonyl (C=O) groups is 2. The summed E-state index contributed by atoms with van der Waals surface area (Å²) in [5, 5.41) is 3.53. The molecule has 0 spiro atoms. The lowest BCUT2D eigenvalue weighted by atomic mass is 10.0. The second-order valence-electron chi connectivity index (χ2n) is 7.14. The van der Waals surface area contributed by atoms with Gasteiger partial charge in [0.05, 0.1) is 25.7 Å². The third-order valence-corrected chi connectivity index (χ3v) is 4.56. The van der Waals surface area contributed by atoms with E-state index in [1.54, 1.807) is 63.4 Å². The van der Waals surface area contributed by atoms with E-state index in [1.165, 1.54) is 0 Å². The molecule has 0 saturated heterocycles. The monoisotopic (exact) mass is 408 g/mol. The maximum atomic E-state index is 12.9. The molecule has 0 aliphatic heterocycles. The molecule has 0 unspecified atom stereocenters. The van der Waals surface area contributed by atoms with Crippen molar-refractivity contribution in [1.29, 1.82) is 0 Å². The topological polar surface area (TPSA) is 97.5 Å². The van der Waals surface area contributed by atoms with Crippen LogP contribution in [-0.4, -0.2) is 30.1 Å². The summed E-state index contributed by atoms with van der Waals surface area (Å²) in [5.74, 6) is -0.363. The van der Waals surface area contributed by atoms with Gasteiger partial charge in [0.1, 0.15) is 11.3 Å². The molecule has 0 fully saturated rings. The fourth-order valence-corrected chi connectivity index (χ4v) is 3.12. The van der Waals surface area contributed by atoms with E-state index in [2.05, 4.69) is 10.3 Å². The molecule has 1 heterocycles. The van der Waals surface area contributed by atoms with Crippen molar-refractivity contribution in [3.63, 3.8) is 0 Å². The lowest BCUT2D eigenvalue weighted by molar-refractivity contribution is -0.147. The molecular weight excluding hydrogens is 384 g/mol. The summed E-state index contributed by atoms with van der Waals surface area (Å²) in [6.07, 6.45) is -0.338. The number of H-pyrrole nitrogens is 1. The summed E-state index contributed by atoms with van der Waals surface area (Å²) < 4.78 is 10.4. The number of aromatic nitrogens is 1. The molecule has 1 aromatic heterocycles. The van der Waals surface area contributed by atoms with Crippen molar-refractivity contribution < 1.29 is 19.1 Å². The van der Waals surface area contributed by atoms with E-state index in [4.69, 9.17) is 9.47 Å². The highest BCUT2D eigenvalue weighted by Crippen LogP contribution is 2.22. The molecule has 0 aliphatic carbocycles. The van der Waals surface area contributed by atoms with Gasteiger partial charge < -0.3 is 19.8 Å². The Morgan fingerprint density at radius 2 is 1.77 bits per heavy atom. The Hall–Kier alpha value is -3.61. The number of esters is 1. The second-order valence-corrected chi connectivity index (χ2v) is 7.14. The molecule has 1 atom stereocenters. The van der Waals surface area contributed by atoms with Crippen molar-refractivity contribution in [2.75, 3.05) is 7.11 Å². The average molecular weight is 408 g/mol. The highest BCUT2D eigenvalue weighted by molar-refractivity contribution is 5.97. The number of hydrogen-bond donors (Lipinski definition) is 2. The number of para-hydroxylation sites is 1. The number of aromatic amines is 1. The first kappa shape index (κ1) is 21.1. The molecule has 0 saturated carbocycles. The second kappa shape index (κ2) is 9.26. The summed E-state index contributed by atoms with van der Waals surface area (Å²) >= 11 is 0. The summed E-state index contributed by atoms with van der Waals surface area (Å²) in [6, 6.07) is 15.1. The Bertz CT molecular complexity index is 1100. The standard InChI is InChI=1S/C23H24N2O5/c1-14(2)30-21(26)13-20(15-8-10-17(29-3)11-9-15)25-23(28)18-12-16-6-4-5-7-19(16)24-22(18)27/h4-12,14,20H,13H2,1-3H3,(H,24,27)(H,25,28)/t20-/m1/s1. The van der Waals surface area contributed by atoms with E-state index in [0.29, 0.717) is 16.8 Å². The minimum absolute atomic E-state index is 0.0237. The smallest absolute Gasteiger partial charge is 0.308 e. The number of amides is 1. The maximum absolute atomic E-state index is 12.9. The first-order valence-corrected chi connectivity index (χ1v) is 9.63. The van der Waals surface area contributed by atoms with E-state index < -0.39 is 23.5 Å². The minimum atomic E-state index is -0.666. The molecule has 156 valence electrons. The number of nitrogens with one attached hydrogen (secondary N) is 2. The van der Waals surface area contributed by atoms with Crippen LogP contribution in [0.2, 0.25) is 0 Å². The molecule has 2 aromatic carbocycles. The zero-order valence-electron chi connectivity index (χ0n) is 17.1. The van der Waals surface area contributed by atoms with Crippen molar-refractivity contribution in [1.82, 2.24) is 10.3 Å². The zero-order valence-corrected chi connectivity index (χ0v) is 17.1. The average Bonchev–Trinajstić information content (AvgIpc) is 2.72. The van der Waals surface area contributed by atoms with Crippen molar-refractivity contribution in [3.05, 3.63) is 76.1 Å².